The highest BCUT2D eigenvalue weighted by Gasteiger charge is 2.19. The Kier molecular flexibility index (Phi) is 7.46. The van der Waals surface area contributed by atoms with Crippen LogP contribution in [0.25, 0.3) is 100 Å². The molecule has 3 aromatic heterocycles. The van der Waals surface area contributed by atoms with E-state index in [1.807, 2.05) is 6.07 Å². The molecule has 4 nitrogen and oxygen atoms in total. The van der Waals surface area contributed by atoms with E-state index in [-0.39, 0.29) is 0 Å². The fourth-order valence-corrected chi connectivity index (χ4v) is 8.35. The lowest BCUT2D eigenvalue weighted by atomic mass is 10.0. The van der Waals surface area contributed by atoms with Gasteiger partial charge in [0.25, 0.3) is 0 Å². The van der Waals surface area contributed by atoms with E-state index in [1.54, 1.807) is 0 Å². The Morgan fingerprint density at radius 1 is 0.268 bits per heavy atom. The lowest BCUT2D eigenvalue weighted by Crippen LogP contribution is -2.02. The average molecular weight is 715 g/mol. The fraction of sp³-hybridized carbons (Fsp3) is 0. The van der Waals surface area contributed by atoms with Crippen LogP contribution in [-0.2, 0) is 0 Å². The second-order valence-corrected chi connectivity index (χ2v) is 14.3. The Labute approximate surface area is 324 Å². The third-order valence-corrected chi connectivity index (χ3v) is 10.9. The molecule has 3 heterocycles. The molecule has 0 saturated carbocycles. The Balaban J connectivity index is 1.21. The molecule has 0 aliphatic heterocycles. The number of rotatable bonds is 6. The topological polar surface area (TPSA) is 35.6 Å². The molecule has 0 bridgehead atoms. The van der Waals surface area contributed by atoms with E-state index < -0.39 is 0 Å². The second-order valence-electron chi connectivity index (χ2n) is 14.3. The van der Waals surface area contributed by atoms with Crippen molar-refractivity contribution in [3.63, 3.8) is 0 Å². The van der Waals surface area contributed by atoms with Crippen molar-refractivity contribution in [3.8, 4) is 56.4 Å². The third kappa shape index (κ3) is 5.31. The standard InChI is InChI=1S/C52H34N4/c1-3-16-35(17-4-1)37-20-15-21-38(30-37)47-34-46(36-18-5-2-6-19-36)53-52(54-47)39-31-40(55-48-26-11-7-22-42(48)43-23-8-12-27-49(43)55)33-41(32-39)56-50-28-13-9-24-44(50)45-25-10-14-29-51(45)56/h1-34H. The van der Waals surface area contributed by atoms with Gasteiger partial charge >= 0.3 is 0 Å². The maximum absolute atomic E-state index is 5.40. The number of hydrogen-bond donors (Lipinski definition) is 0. The summed E-state index contributed by atoms with van der Waals surface area (Å²) >= 11 is 0. The highest BCUT2D eigenvalue weighted by atomic mass is 15.0. The minimum Gasteiger partial charge on any atom is -0.309 e. The first-order valence-electron chi connectivity index (χ1n) is 19.0. The number of hydrogen-bond acceptors (Lipinski definition) is 2. The zero-order valence-corrected chi connectivity index (χ0v) is 30.4. The molecule has 4 heteroatoms. The maximum atomic E-state index is 5.40. The van der Waals surface area contributed by atoms with Gasteiger partial charge < -0.3 is 9.13 Å². The number of fused-ring (bicyclic) bond motifs is 6. The molecule has 56 heavy (non-hydrogen) atoms. The summed E-state index contributed by atoms with van der Waals surface area (Å²) in [6.45, 7) is 0. The van der Waals surface area contributed by atoms with Crippen LogP contribution < -0.4 is 0 Å². The first-order valence-corrected chi connectivity index (χ1v) is 19.0. The van der Waals surface area contributed by atoms with Crippen molar-refractivity contribution in [1.82, 2.24) is 19.1 Å². The van der Waals surface area contributed by atoms with Crippen LogP contribution >= 0.6 is 0 Å². The predicted octanol–water partition coefficient (Wildman–Crippen LogP) is 13.3. The lowest BCUT2D eigenvalue weighted by Gasteiger charge is -2.16. The summed E-state index contributed by atoms with van der Waals surface area (Å²) in [7, 11) is 0. The van der Waals surface area contributed by atoms with E-state index in [0.717, 1.165) is 67.1 Å². The Bertz CT molecular complexity index is 3010. The van der Waals surface area contributed by atoms with Crippen LogP contribution in [0.5, 0.6) is 0 Å². The summed E-state index contributed by atoms with van der Waals surface area (Å²) in [5, 5.41) is 4.87. The van der Waals surface area contributed by atoms with Gasteiger partial charge in [0, 0.05) is 49.6 Å². The van der Waals surface area contributed by atoms with E-state index in [2.05, 4.69) is 209 Å². The molecule has 0 spiro atoms. The van der Waals surface area contributed by atoms with Gasteiger partial charge in [-0.15, -0.1) is 0 Å². The number of para-hydroxylation sites is 4. The summed E-state index contributed by atoms with van der Waals surface area (Å²) < 4.78 is 4.77. The molecule has 262 valence electrons. The lowest BCUT2D eigenvalue weighted by molar-refractivity contribution is 1.12. The Morgan fingerprint density at radius 2 is 0.661 bits per heavy atom. The van der Waals surface area contributed by atoms with Crippen LogP contribution in [0, 0.1) is 0 Å². The third-order valence-electron chi connectivity index (χ3n) is 10.9. The van der Waals surface area contributed by atoms with Gasteiger partial charge in [-0.1, -0.05) is 152 Å². The SMILES string of the molecule is c1ccc(-c2cccc(-c3cc(-c4ccccc4)nc(-c4cc(-n5c6ccccc6c6ccccc65)cc(-n5c6ccccc6c6ccccc65)c4)n3)c2)cc1. The van der Waals surface area contributed by atoms with Crippen molar-refractivity contribution in [2.24, 2.45) is 0 Å². The second kappa shape index (κ2) is 13.1. The van der Waals surface area contributed by atoms with Crippen molar-refractivity contribution in [1.29, 1.82) is 0 Å². The van der Waals surface area contributed by atoms with Crippen LogP contribution in [0.2, 0.25) is 0 Å². The molecule has 0 N–H and O–H groups in total. The largest absolute Gasteiger partial charge is 0.309 e. The highest BCUT2D eigenvalue weighted by Crippen LogP contribution is 2.38. The first kappa shape index (κ1) is 31.9. The molecule has 0 fully saturated rings. The van der Waals surface area contributed by atoms with Crippen LogP contribution in [0.4, 0.5) is 0 Å². The number of nitrogens with zero attached hydrogens (tertiary/aromatic N) is 4. The summed E-state index contributed by atoms with van der Waals surface area (Å²) in [5.41, 5.74) is 13.7. The Morgan fingerprint density at radius 3 is 1.16 bits per heavy atom. The van der Waals surface area contributed by atoms with Gasteiger partial charge in [0.15, 0.2) is 5.82 Å². The van der Waals surface area contributed by atoms with Crippen LogP contribution in [0.3, 0.4) is 0 Å². The molecule has 0 atom stereocenters. The maximum Gasteiger partial charge on any atom is 0.160 e. The van der Waals surface area contributed by atoms with E-state index in [1.165, 1.54) is 27.1 Å². The average Bonchev–Trinajstić information content (AvgIpc) is 3.80. The van der Waals surface area contributed by atoms with Gasteiger partial charge in [-0.25, -0.2) is 9.97 Å². The van der Waals surface area contributed by atoms with Crippen molar-refractivity contribution in [3.05, 3.63) is 206 Å². The van der Waals surface area contributed by atoms with Gasteiger partial charge in [0.1, 0.15) is 0 Å². The van der Waals surface area contributed by atoms with E-state index in [0.29, 0.717) is 5.82 Å². The highest BCUT2D eigenvalue weighted by molar-refractivity contribution is 6.10. The molecule has 0 amide bonds. The van der Waals surface area contributed by atoms with Gasteiger partial charge in [-0.2, -0.15) is 0 Å². The number of benzene rings is 8. The smallest absolute Gasteiger partial charge is 0.160 e. The molecule has 0 unspecified atom stereocenters. The van der Waals surface area contributed by atoms with Crippen LogP contribution in [0.15, 0.2) is 206 Å². The molecule has 11 rings (SSSR count). The quantitative estimate of drug-likeness (QED) is 0.172. The van der Waals surface area contributed by atoms with Crippen molar-refractivity contribution < 1.29 is 0 Å². The molecule has 8 aromatic carbocycles. The van der Waals surface area contributed by atoms with Crippen molar-refractivity contribution >= 4 is 43.6 Å². The van der Waals surface area contributed by atoms with Crippen LogP contribution in [0.1, 0.15) is 0 Å². The van der Waals surface area contributed by atoms with Crippen LogP contribution in [-0.4, -0.2) is 19.1 Å². The summed E-state index contributed by atoms with van der Waals surface area (Å²) in [4.78, 5) is 10.7. The molecular weight excluding hydrogens is 681 g/mol. The van der Waals surface area contributed by atoms with Gasteiger partial charge in [0.05, 0.1) is 33.5 Å². The van der Waals surface area contributed by atoms with Crippen molar-refractivity contribution in [2.45, 2.75) is 0 Å². The molecule has 0 aliphatic rings. The normalized spacial score (nSPS) is 11.6. The summed E-state index contributed by atoms with van der Waals surface area (Å²) in [6, 6.07) is 73.2. The minimum absolute atomic E-state index is 0.663. The monoisotopic (exact) mass is 714 g/mol. The van der Waals surface area contributed by atoms with E-state index in [4.69, 9.17) is 9.97 Å². The molecule has 0 aliphatic carbocycles. The van der Waals surface area contributed by atoms with E-state index >= 15 is 0 Å². The Hall–Kier alpha value is -7.56. The van der Waals surface area contributed by atoms with Gasteiger partial charge in [0.2, 0.25) is 0 Å². The van der Waals surface area contributed by atoms with Crippen molar-refractivity contribution in [2.75, 3.05) is 0 Å². The van der Waals surface area contributed by atoms with Gasteiger partial charge in [-0.3, -0.25) is 0 Å². The summed E-state index contributed by atoms with van der Waals surface area (Å²) in [5.74, 6) is 0.663. The molecular formula is C52H34N4. The minimum atomic E-state index is 0.663. The number of aromatic nitrogens is 4. The first-order chi connectivity index (χ1) is 27.8. The molecule has 0 radical (unpaired) electrons. The van der Waals surface area contributed by atoms with Gasteiger partial charge in [-0.05, 0) is 65.7 Å². The van der Waals surface area contributed by atoms with E-state index in [9.17, 15) is 0 Å². The summed E-state index contributed by atoms with van der Waals surface area (Å²) in [6.07, 6.45) is 0. The zero-order valence-electron chi connectivity index (χ0n) is 30.4. The molecule has 11 aromatic rings. The predicted molar refractivity (Wildman–Crippen MR) is 232 cm³/mol. The fourth-order valence-electron chi connectivity index (χ4n) is 8.35. The molecule has 0 saturated heterocycles. The zero-order chi connectivity index (χ0) is 37.0.